The van der Waals surface area contributed by atoms with Gasteiger partial charge in [0.2, 0.25) is 0 Å². The third-order valence-electron chi connectivity index (χ3n) is 3.74. The normalized spacial score (nSPS) is 20.2. The molecule has 0 saturated heterocycles. The van der Waals surface area contributed by atoms with Crippen molar-refractivity contribution in [3.8, 4) is 0 Å². The van der Waals surface area contributed by atoms with Crippen molar-refractivity contribution >= 4 is 0 Å². The van der Waals surface area contributed by atoms with E-state index < -0.39 is 0 Å². The van der Waals surface area contributed by atoms with Gasteiger partial charge in [-0.3, -0.25) is 0 Å². The van der Waals surface area contributed by atoms with Gasteiger partial charge in [0.05, 0.1) is 13.2 Å². The number of ether oxygens (including phenoxy) is 1. The summed E-state index contributed by atoms with van der Waals surface area (Å²) >= 11 is 0. The van der Waals surface area contributed by atoms with Gasteiger partial charge in [0.1, 0.15) is 0 Å². The number of nitrogens with one attached hydrogen (secondary N) is 1. The SMILES string of the molecule is c1cc2c(cc1CNC1CCCC1)COC2. The Labute approximate surface area is 97.0 Å². The number of rotatable bonds is 3. The molecule has 0 unspecified atom stereocenters. The summed E-state index contributed by atoms with van der Waals surface area (Å²) in [5.74, 6) is 0. The summed E-state index contributed by atoms with van der Waals surface area (Å²) in [5, 5.41) is 3.65. The lowest BCUT2D eigenvalue weighted by molar-refractivity contribution is 0.134. The predicted molar refractivity (Wildman–Crippen MR) is 64.0 cm³/mol. The van der Waals surface area contributed by atoms with Crippen LogP contribution in [0.1, 0.15) is 42.4 Å². The van der Waals surface area contributed by atoms with E-state index >= 15 is 0 Å². The van der Waals surface area contributed by atoms with Crippen LogP contribution in [-0.2, 0) is 24.5 Å². The molecule has 1 aromatic rings. The van der Waals surface area contributed by atoms with Crippen LogP contribution in [0.2, 0.25) is 0 Å². The molecule has 2 aliphatic rings. The third kappa shape index (κ3) is 2.13. The number of hydrogen-bond donors (Lipinski definition) is 1. The van der Waals surface area contributed by atoms with Crippen LogP contribution in [0.4, 0.5) is 0 Å². The maximum Gasteiger partial charge on any atom is 0.0725 e. The molecule has 2 heteroatoms. The largest absolute Gasteiger partial charge is 0.372 e. The highest BCUT2D eigenvalue weighted by molar-refractivity contribution is 5.33. The Morgan fingerprint density at radius 2 is 1.94 bits per heavy atom. The van der Waals surface area contributed by atoms with Crippen molar-refractivity contribution < 1.29 is 4.74 Å². The molecule has 1 fully saturated rings. The van der Waals surface area contributed by atoms with E-state index in [9.17, 15) is 0 Å². The molecule has 1 heterocycles. The third-order valence-corrected chi connectivity index (χ3v) is 3.74. The number of benzene rings is 1. The second kappa shape index (κ2) is 4.56. The van der Waals surface area contributed by atoms with Crippen LogP contribution in [0.3, 0.4) is 0 Å². The minimum Gasteiger partial charge on any atom is -0.372 e. The predicted octanol–water partition coefficient (Wildman–Crippen LogP) is 2.75. The summed E-state index contributed by atoms with van der Waals surface area (Å²) in [6.07, 6.45) is 5.51. The quantitative estimate of drug-likeness (QED) is 0.840. The lowest BCUT2D eigenvalue weighted by Gasteiger charge is -2.12. The first-order valence-corrected chi connectivity index (χ1v) is 6.33. The average molecular weight is 217 g/mol. The molecule has 1 N–H and O–H groups in total. The van der Waals surface area contributed by atoms with Crippen molar-refractivity contribution in [3.05, 3.63) is 34.9 Å². The van der Waals surface area contributed by atoms with E-state index in [0.29, 0.717) is 0 Å². The molecule has 0 amide bonds. The van der Waals surface area contributed by atoms with E-state index in [1.54, 1.807) is 0 Å². The summed E-state index contributed by atoms with van der Waals surface area (Å²) in [6, 6.07) is 7.50. The Morgan fingerprint density at radius 3 is 2.81 bits per heavy atom. The van der Waals surface area contributed by atoms with Crippen molar-refractivity contribution in [2.45, 2.75) is 51.5 Å². The molecule has 0 bridgehead atoms. The van der Waals surface area contributed by atoms with Crippen LogP contribution >= 0.6 is 0 Å². The highest BCUT2D eigenvalue weighted by Crippen LogP contribution is 2.22. The molecular formula is C14H19NO. The van der Waals surface area contributed by atoms with Gasteiger partial charge in [0.15, 0.2) is 0 Å². The first-order chi connectivity index (χ1) is 7.92. The van der Waals surface area contributed by atoms with Crippen LogP contribution in [0, 0.1) is 0 Å². The van der Waals surface area contributed by atoms with Crippen LogP contribution in [0.25, 0.3) is 0 Å². The molecule has 0 spiro atoms. The topological polar surface area (TPSA) is 21.3 Å². The Kier molecular flexibility index (Phi) is 2.94. The molecule has 0 atom stereocenters. The first kappa shape index (κ1) is 10.3. The molecule has 0 aromatic heterocycles. The minimum absolute atomic E-state index is 0.754. The van der Waals surface area contributed by atoms with Crippen LogP contribution in [0.15, 0.2) is 18.2 Å². The fourth-order valence-corrected chi connectivity index (χ4v) is 2.73. The van der Waals surface area contributed by atoms with Crippen LogP contribution < -0.4 is 5.32 Å². The maximum absolute atomic E-state index is 5.43. The van der Waals surface area contributed by atoms with Crippen molar-refractivity contribution in [1.29, 1.82) is 0 Å². The molecule has 2 nitrogen and oxygen atoms in total. The zero-order valence-electron chi connectivity index (χ0n) is 9.67. The van der Waals surface area contributed by atoms with Crippen LogP contribution in [-0.4, -0.2) is 6.04 Å². The van der Waals surface area contributed by atoms with Crippen molar-refractivity contribution in [3.63, 3.8) is 0 Å². The molecular weight excluding hydrogens is 198 g/mol. The van der Waals surface area contributed by atoms with E-state index in [0.717, 1.165) is 25.8 Å². The lowest BCUT2D eigenvalue weighted by atomic mass is 10.1. The van der Waals surface area contributed by atoms with E-state index in [1.165, 1.54) is 42.4 Å². The Balaban J connectivity index is 1.61. The van der Waals surface area contributed by atoms with Gasteiger partial charge in [-0.15, -0.1) is 0 Å². The van der Waals surface area contributed by atoms with Gasteiger partial charge >= 0.3 is 0 Å². The number of fused-ring (bicyclic) bond motifs is 1. The highest BCUT2D eigenvalue weighted by Gasteiger charge is 2.15. The van der Waals surface area contributed by atoms with Gasteiger partial charge in [-0.2, -0.15) is 0 Å². The average Bonchev–Trinajstić information content (AvgIpc) is 2.97. The zero-order chi connectivity index (χ0) is 10.8. The smallest absolute Gasteiger partial charge is 0.0725 e. The van der Waals surface area contributed by atoms with Gasteiger partial charge < -0.3 is 10.1 Å². The van der Waals surface area contributed by atoms with Crippen LogP contribution in [0.5, 0.6) is 0 Å². The molecule has 1 aromatic carbocycles. The van der Waals surface area contributed by atoms with E-state index in [-0.39, 0.29) is 0 Å². The summed E-state index contributed by atoms with van der Waals surface area (Å²) in [7, 11) is 0. The lowest BCUT2D eigenvalue weighted by Crippen LogP contribution is -2.25. The van der Waals surface area contributed by atoms with Gasteiger partial charge in [-0.25, -0.2) is 0 Å². The Hall–Kier alpha value is -0.860. The maximum atomic E-state index is 5.43. The van der Waals surface area contributed by atoms with Gasteiger partial charge in [0.25, 0.3) is 0 Å². The highest BCUT2D eigenvalue weighted by atomic mass is 16.5. The standard InChI is InChI=1S/C14H19NO/c1-2-4-14(3-1)15-8-11-5-6-12-9-16-10-13(12)7-11/h5-7,14-15H,1-4,8-10H2. The van der Waals surface area contributed by atoms with Crippen molar-refractivity contribution in [1.82, 2.24) is 5.32 Å². The summed E-state index contributed by atoms with van der Waals surface area (Å²) in [5.41, 5.74) is 4.14. The zero-order valence-corrected chi connectivity index (χ0v) is 9.67. The van der Waals surface area contributed by atoms with Gasteiger partial charge in [-0.1, -0.05) is 31.0 Å². The molecule has 0 radical (unpaired) electrons. The Bertz CT molecular complexity index is 369. The number of hydrogen-bond acceptors (Lipinski definition) is 2. The minimum atomic E-state index is 0.754. The summed E-state index contributed by atoms with van der Waals surface area (Å²) < 4.78 is 5.43. The molecule has 1 saturated carbocycles. The van der Waals surface area contributed by atoms with E-state index in [4.69, 9.17) is 4.74 Å². The van der Waals surface area contributed by atoms with Gasteiger partial charge in [-0.05, 0) is 29.5 Å². The molecule has 1 aliphatic heterocycles. The molecule has 16 heavy (non-hydrogen) atoms. The van der Waals surface area contributed by atoms with Gasteiger partial charge in [0, 0.05) is 12.6 Å². The molecule has 3 rings (SSSR count). The van der Waals surface area contributed by atoms with E-state index in [1.807, 2.05) is 0 Å². The second-order valence-electron chi connectivity index (χ2n) is 4.96. The molecule has 86 valence electrons. The summed E-state index contributed by atoms with van der Waals surface area (Å²) in [4.78, 5) is 0. The van der Waals surface area contributed by atoms with E-state index in [2.05, 4.69) is 23.5 Å². The monoisotopic (exact) mass is 217 g/mol. The van der Waals surface area contributed by atoms with Crippen molar-refractivity contribution in [2.24, 2.45) is 0 Å². The fourth-order valence-electron chi connectivity index (χ4n) is 2.73. The van der Waals surface area contributed by atoms with Crippen molar-refractivity contribution in [2.75, 3.05) is 0 Å². The Morgan fingerprint density at radius 1 is 1.12 bits per heavy atom. The fraction of sp³-hybridized carbons (Fsp3) is 0.571. The summed E-state index contributed by atoms with van der Waals surface area (Å²) in [6.45, 7) is 2.61. The molecule has 1 aliphatic carbocycles. The second-order valence-corrected chi connectivity index (χ2v) is 4.96. The first-order valence-electron chi connectivity index (χ1n) is 6.33.